The average molecular weight is 244 g/mol. The van der Waals surface area contributed by atoms with Gasteiger partial charge in [-0.25, -0.2) is 0 Å². The molecule has 18 heavy (non-hydrogen) atoms. The van der Waals surface area contributed by atoms with Crippen LogP contribution in [0.4, 0.5) is 0 Å². The molecule has 0 N–H and O–H groups in total. The van der Waals surface area contributed by atoms with Gasteiger partial charge >= 0.3 is 0 Å². The summed E-state index contributed by atoms with van der Waals surface area (Å²) >= 11 is 0. The van der Waals surface area contributed by atoms with Gasteiger partial charge in [0.25, 0.3) is 0 Å². The summed E-state index contributed by atoms with van der Waals surface area (Å²) < 4.78 is 5.79. The zero-order chi connectivity index (χ0) is 12.4. The van der Waals surface area contributed by atoms with Crippen molar-refractivity contribution in [3.05, 3.63) is 29.3 Å². The Morgan fingerprint density at radius 3 is 2.83 bits per heavy atom. The van der Waals surface area contributed by atoms with Gasteiger partial charge in [0.15, 0.2) is 0 Å². The van der Waals surface area contributed by atoms with Crippen molar-refractivity contribution in [3.8, 4) is 5.75 Å². The predicted octanol–water partition coefficient (Wildman–Crippen LogP) is 3.31. The van der Waals surface area contributed by atoms with Crippen LogP contribution < -0.4 is 4.74 Å². The second-order valence-electron chi connectivity index (χ2n) is 5.48. The van der Waals surface area contributed by atoms with Gasteiger partial charge in [0, 0.05) is 12.3 Å². The Morgan fingerprint density at radius 1 is 1.11 bits per heavy atom. The highest BCUT2D eigenvalue weighted by Crippen LogP contribution is 2.27. The fourth-order valence-corrected chi connectivity index (χ4v) is 3.15. The molecule has 0 amide bonds. The number of hydrogen-bond acceptors (Lipinski definition) is 2. The van der Waals surface area contributed by atoms with E-state index >= 15 is 0 Å². The zero-order valence-electron chi connectivity index (χ0n) is 10.8. The maximum atomic E-state index is 11.5. The summed E-state index contributed by atoms with van der Waals surface area (Å²) in [7, 11) is 0. The maximum Gasteiger partial charge on any atom is 0.136 e. The molecule has 2 aliphatic carbocycles. The van der Waals surface area contributed by atoms with Gasteiger partial charge < -0.3 is 4.74 Å². The summed E-state index contributed by atoms with van der Waals surface area (Å²) in [5.41, 5.74) is 2.93. The van der Waals surface area contributed by atoms with Gasteiger partial charge in [0.2, 0.25) is 0 Å². The second kappa shape index (κ2) is 5.13. The minimum absolute atomic E-state index is 0.263. The van der Waals surface area contributed by atoms with Gasteiger partial charge in [0.05, 0.1) is 6.61 Å². The molecule has 96 valence electrons. The molecule has 1 unspecified atom stereocenters. The van der Waals surface area contributed by atoms with E-state index in [1.54, 1.807) is 0 Å². The number of aryl methyl sites for hydroxylation is 2. The van der Waals surface area contributed by atoms with Gasteiger partial charge in [-0.1, -0.05) is 6.07 Å². The van der Waals surface area contributed by atoms with Crippen LogP contribution in [-0.4, -0.2) is 12.4 Å². The van der Waals surface area contributed by atoms with Crippen molar-refractivity contribution in [2.45, 2.75) is 44.9 Å². The van der Waals surface area contributed by atoms with E-state index < -0.39 is 0 Å². The van der Waals surface area contributed by atoms with Gasteiger partial charge in [-0.05, 0) is 61.8 Å². The molecule has 0 radical (unpaired) electrons. The van der Waals surface area contributed by atoms with Crippen LogP contribution in [-0.2, 0) is 17.6 Å². The highest BCUT2D eigenvalue weighted by atomic mass is 16.5. The highest BCUT2D eigenvalue weighted by molar-refractivity contribution is 5.82. The molecule has 1 aromatic carbocycles. The summed E-state index contributed by atoms with van der Waals surface area (Å²) in [4.78, 5) is 11.5. The zero-order valence-corrected chi connectivity index (χ0v) is 10.8. The Morgan fingerprint density at radius 2 is 2.00 bits per heavy atom. The number of benzene rings is 1. The van der Waals surface area contributed by atoms with Crippen molar-refractivity contribution in [2.75, 3.05) is 6.61 Å². The third-order valence-electron chi connectivity index (χ3n) is 4.24. The molecule has 0 aromatic heterocycles. The number of Topliss-reactive ketones (excluding diaryl/α,β-unsaturated/α-hetero) is 1. The van der Waals surface area contributed by atoms with Crippen LogP contribution in [0.5, 0.6) is 5.75 Å². The molecule has 0 saturated heterocycles. The Balaban J connectivity index is 1.52. The monoisotopic (exact) mass is 244 g/mol. The summed E-state index contributed by atoms with van der Waals surface area (Å²) in [6.07, 6.45) is 7.48. The SMILES string of the molecule is O=C1CCCC1CCOc1ccc2c(c1)CCC2. The van der Waals surface area contributed by atoms with E-state index in [1.165, 1.54) is 30.4 Å². The average Bonchev–Trinajstić information content (AvgIpc) is 2.98. The van der Waals surface area contributed by atoms with Crippen LogP contribution in [0.25, 0.3) is 0 Å². The molecule has 2 heteroatoms. The van der Waals surface area contributed by atoms with E-state index in [0.717, 1.165) is 31.4 Å². The normalized spacial score (nSPS) is 22.2. The lowest BCUT2D eigenvalue weighted by Gasteiger charge is -2.10. The van der Waals surface area contributed by atoms with Gasteiger partial charge in [0.1, 0.15) is 11.5 Å². The topological polar surface area (TPSA) is 26.3 Å². The molecule has 1 aromatic rings. The van der Waals surface area contributed by atoms with Crippen LogP contribution in [0.1, 0.15) is 43.2 Å². The molecular formula is C16H20O2. The third-order valence-corrected chi connectivity index (χ3v) is 4.24. The minimum Gasteiger partial charge on any atom is -0.494 e. The summed E-state index contributed by atoms with van der Waals surface area (Å²) in [6, 6.07) is 6.44. The van der Waals surface area contributed by atoms with Crippen molar-refractivity contribution in [1.29, 1.82) is 0 Å². The van der Waals surface area contributed by atoms with E-state index in [9.17, 15) is 4.79 Å². The number of rotatable bonds is 4. The number of ketones is 1. The first-order valence-electron chi connectivity index (χ1n) is 7.10. The first-order chi connectivity index (χ1) is 8.83. The van der Waals surface area contributed by atoms with Crippen LogP contribution in [0.3, 0.4) is 0 Å². The van der Waals surface area contributed by atoms with Crippen LogP contribution in [0.2, 0.25) is 0 Å². The lowest BCUT2D eigenvalue weighted by molar-refractivity contribution is -0.121. The quantitative estimate of drug-likeness (QED) is 0.812. The van der Waals surface area contributed by atoms with Crippen molar-refractivity contribution < 1.29 is 9.53 Å². The summed E-state index contributed by atoms with van der Waals surface area (Å²) in [5.74, 6) is 1.67. The second-order valence-corrected chi connectivity index (χ2v) is 5.48. The number of carbonyl (C=O) groups excluding carboxylic acids is 1. The van der Waals surface area contributed by atoms with Gasteiger partial charge in [-0.15, -0.1) is 0 Å². The third kappa shape index (κ3) is 2.43. The van der Waals surface area contributed by atoms with Crippen molar-refractivity contribution >= 4 is 5.78 Å². The van der Waals surface area contributed by atoms with E-state index in [0.29, 0.717) is 12.4 Å². The van der Waals surface area contributed by atoms with Crippen molar-refractivity contribution in [3.63, 3.8) is 0 Å². The molecule has 2 aliphatic rings. The first kappa shape index (κ1) is 11.8. The Bertz CT molecular complexity index is 450. The van der Waals surface area contributed by atoms with E-state index in [4.69, 9.17) is 4.74 Å². The van der Waals surface area contributed by atoms with E-state index in [-0.39, 0.29) is 5.92 Å². The lowest BCUT2D eigenvalue weighted by Crippen LogP contribution is -2.11. The molecule has 0 heterocycles. The van der Waals surface area contributed by atoms with Crippen molar-refractivity contribution in [2.24, 2.45) is 5.92 Å². The summed E-state index contributed by atoms with van der Waals surface area (Å²) in [6.45, 7) is 0.676. The van der Waals surface area contributed by atoms with Crippen molar-refractivity contribution in [1.82, 2.24) is 0 Å². The van der Waals surface area contributed by atoms with Gasteiger partial charge in [-0.3, -0.25) is 4.79 Å². The van der Waals surface area contributed by atoms with Crippen LogP contribution in [0, 0.1) is 5.92 Å². The molecule has 3 rings (SSSR count). The van der Waals surface area contributed by atoms with E-state index in [1.807, 2.05) is 0 Å². The number of carbonyl (C=O) groups is 1. The van der Waals surface area contributed by atoms with Crippen LogP contribution >= 0.6 is 0 Å². The molecule has 1 fully saturated rings. The molecule has 0 spiro atoms. The number of hydrogen-bond donors (Lipinski definition) is 0. The standard InChI is InChI=1S/C16H20O2/c17-16-6-2-4-13(16)9-10-18-15-8-7-12-3-1-5-14(12)11-15/h7-8,11,13H,1-6,9-10H2. The lowest BCUT2D eigenvalue weighted by atomic mass is 10.0. The number of ether oxygens (including phenoxy) is 1. The Hall–Kier alpha value is -1.31. The smallest absolute Gasteiger partial charge is 0.136 e. The molecule has 0 aliphatic heterocycles. The molecule has 1 saturated carbocycles. The largest absolute Gasteiger partial charge is 0.494 e. The minimum atomic E-state index is 0.263. The molecule has 2 nitrogen and oxygen atoms in total. The molecule has 1 atom stereocenters. The number of fused-ring (bicyclic) bond motifs is 1. The fourth-order valence-electron chi connectivity index (χ4n) is 3.15. The maximum absolute atomic E-state index is 11.5. The first-order valence-corrected chi connectivity index (χ1v) is 7.10. The predicted molar refractivity (Wildman–Crippen MR) is 70.9 cm³/mol. The molecule has 0 bridgehead atoms. The Kier molecular flexibility index (Phi) is 3.35. The highest BCUT2D eigenvalue weighted by Gasteiger charge is 2.23. The summed E-state index contributed by atoms with van der Waals surface area (Å²) in [5, 5.41) is 0. The van der Waals surface area contributed by atoms with Crippen LogP contribution in [0.15, 0.2) is 18.2 Å². The Labute approximate surface area is 108 Å². The fraction of sp³-hybridized carbons (Fsp3) is 0.562. The van der Waals surface area contributed by atoms with E-state index in [2.05, 4.69) is 18.2 Å². The van der Waals surface area contributed by atoms with Gasteiger partial charge in [-0.2, -0.15) is 0 Å². The molecular weight excluding hydrogens is 224 g/mol.